The number of carbonyl (C=O) groups is 1. The number of benzene rings is 1. The van der Waals surface area contributed by atoms with E-state index in [9.17, 15) is 9.90 Å². The molecule has 0 saturated heterocycles. The van der Waals surface area contributed by atoms with E-state index in [4.69, 9.17) is 4.74 Å². The minimum Gasteiger partial charge on any atom is -0.493 e. The van der Waals surface area contributed by atoms with Crippen LogP contribution in [0.2, 0.25) is 0 Å². The summed E-state index contributed by atoms with van der Waals surface area (Å²) < 4.78 is 5.59. The Hall–Kier alpha value is -2.36. The maximum absolute atomic E-state index is 12.0. The molecule has 1 aromatic carbocycles. The Kier molecular flexibility index (Phi) is 3.14. The van der Waals surface area contributed by atoms with Gasteiger partial charge in [-0.3, -0.25) is 9.78 Å². The number of hydrogen-bond acceptors (Lipinski definition) is 3. The molecule has 3 rings (SSSR count). The minimum absolute atomic E-state index is 0.425. The SMILES string of the molecule is O=C(O)C1(Cc2ccncc2)CCOc2ccccc21. The lowest BCUT2D eigenvalue weighted by Crippen LogP contribution is -2.42. The first kappa shape index (κ1) is 12.7. The predicted octanol–water partition coefficient (Wildman–Crippen LogP) is 2.43. The van der Waals surface area contributed by atoms with E-state index >= 15 is 0 Å². The van der Waals surface area contributed by atoms with Crippen molar-refractivity contribution in [1.82, 2.24) is 4.98 Å². The Morgan fingerprint density at radius 1 is 1.25 bits per heavy atom. The van der Waals surface area contributed by atoms with Crippen LogP contribution in [0.25, 0.3) is 0 Å². The molecule has 1 aromatic heterocycles. The number of ether oxygens (including phenoxy) is 1. The smallest absolute Gasteiger partial charge is 0.314 e. The number of aliphatic carboxylic acids is 1. The molecule has 4 heteroatoms. The van der Waals surface area contributed by atoms with E-state index in [0.717, 1.165) is 11.1 Å². The van der Waals surface area contributed by atoms with Crippen LogP contribution in [0.4, 0.5) is 0 Å². The lowest BCUT2D eigenvalue weighted by molar-refractivity contribution is -0.145. The van der Waals surface area contributed by atoms with Crippen molar-refractivity contribution in [2.75, 3.05) is 6.61 Å². The Bertz CT molecular complexity index is 627. The molecule has 1 aliphatic heterocycles. The second kappa shape index (κ2) is 4.96. The zero-order chi connectivity index (χ0) is 14.0. The molecular formula is C16H15NO3. The van der Waals surface area contributed by atoms with Gasteiger partial charge in [0.1, 0.15) is 11.2 Å². The third-order valence-corrected chi connectivity index (χ3v) is 3.85. The van der Waals surface area contributed by atoms with Gasteiger partial charge in [-0.25, -0.2) is 0 Å². The molecule has 1 unspecified atom stereocenters. The fourth-order valence-electron chi connectivity index (χ4n) is 2.79. The average molecular weight is 269 g/mol. The van der Waals surface area contributed by atoms with Gasteiger partial charge in [0, 0.05) is 24.4 Å². The lowest BCUT2D eigenvalue weighted by Gasteiger charge is -2.35. The molecule has 0 bridgehead atoms. The van der Waals surface area contributed by atoms with Crippen LogP contribution in [-0.2, 0) is 16.6 Å². The third-order valence-electron chi connectivity index (χ3n) is 3.85. The fraction of sp³-hybridized carbons (Fsp3) is 0.250. The molecule has 0 radical (unpaired) electrons. The predicted molar refractivity (Wildman–Crippen MR) is 73.8 cm³/mol. The van der Waals surface area contributed by atoms with Gasteiger partial charge < -0.3 is 9.84 Å². The van der Waals surface area contributed by atoms with Gasteiger partial charge in [-0.15, -0.1) is 0 Å². The largest absolute Gasteiger partial charge is 0.493 e. The highest BCUT2D eigenvalue weighted by Gasteiger charge is 2.44. The summed E-state index contributed by atoms with van der Waals surface area (Å²) in [6.07, 6.45) is 4.30. The van der Waals surface area contributed by atoms with Crippen LogP contribution in [0.15, 0.2) is 48.8 Å². The summed E-state index contributed by atoms with van der Waals surface area (Å²) in [5.41, 5.74) is 0.811. The molecule has 2 aromatic rings. The van der Waals surface area contributed by atoms with Crippen molar-refractivity contribution in [3.05, 3.63) is 59.9 Å². The van der Waals surface area contributed by atoms with Gasteiger partial charge in [0.25, 0.3) is 0 Å². The molecule has 2 heterocycles. The van der Waals surface area contributed by atoms with Crippen molar-refractivity contribution in [3.63, 3.8) is 0 Å². The number of hydrogen-bond donors (Lipinski definition) is 1. The molecule has 0 fully saturated rings. The molecule has 20 heavy (non-hydrogen) atoms. The van der Waals surface area contributed by atoms with Crippen LogP contribution in [0.1, 0.15) is 17.5 Å². The summed E-state index contributed by atoms with van der Waals surface area (Å²) in [6, 6.07) is 11.1. The van der Waals surface area contributed by atoms with Crippen molar-refractivity contribution >= 4 is 5.97 Å². The van der Waals surface area contributed by atoms with Gasteiger partial charge in [0.15, 0.2) is 0 Å². The molecule has 102 valence electrons. The summed E-state index contributed by atoms with van der Waals surface area (Å²) in [5, 5.41) is 9.83. The first-order valence-corrected chi connectivity index (χ1v) is 6.57. The van der Waals surface area contributed by atoms with Crippen molar-refractivity contribution in [1.29, 1.82) is 0 Å². The molecule has 1 atom stereocenters. The molecule has 0 aliphatic carbocycles. The van der Waals surface area contributed by atoms with Gasteiger partial charge in [0.2, 0.25) is 0 Å². The summed E-state index contributed by atoms with van der Waals surface area (Å²) in [4.78, 5) is 16.0. The molecule has 4 nitrogen and oxygen atoms in total. The van der Waals surface area contributed by atoms with Crippen molar-refractivity contribution in [3.8, 4) is 5.75 Å². The number of nitrogens with zero attached hydrogens (tertiary/aromatic N) is 1. The number of aromatic nitrogens is 1. The first-order chi connectivity index (χ1) is 9.72. The van der Waals surface area contributed by atoms with Gasteiger partial charge in [-0.1, -0.05) is 18.2 Å². The van der Waals surface area contributed by atoms with Gasteiger partial charge in [-0.05, 0) is 30.2 Å². The number of rotatable bonds is 3. The topological polar surface area (TPSA) is 59.4 Å². The maximum atomic E-state index is 12.0. The standard InChI is InChI=1S/C16H15NO3/c18-15(19)16(11-12-5-8-17-9-6-12)7-10-20-14-4-2-1-3-13(14)16/h1-6,8-9H,7,10-11H2,(H,18,19). The number of carboxylic acids is 1. The van der Waals surface area contributed by atoms with Crippen LogP contribution >= 0.6 is 0 Å². The minimum atomic E-state index is -0.920. The van der Waals surface area contributed by atoms with Gasteiger partial charge in [0.05, 0.1) is 6.61 Å². The molecule has 0 amide bonds. The summed E-state index contributed by atoms with van der Waals surface area (Å²) >= 11 is 0. The van der Waals surface area contributed by atoms with Crippen molar-refractivity contribution < 1.29 is 14.6 Å². The molecule has 1 N–H and O–H groups in total. The molecule has 0 saturated carbocycles. The summed E-state index contributed by atoms with van der Waals surface area (Å²) in [6.45, 7) is 0.425. The second-order valence-electron chi connectivity index (χ2n) is 5.01. The average Bonchev–Trinajstić information content (AvgIpc) is 2.48. The van der Waals surface area contributed by atoms with Crippen LogP contribution in [-0.4, -0.2) is 22.7 Å². The van der Waals surface area contributed by atoms with Crippen molar-refractivity contribution in [2.24, 2.45) is 0 Å². The normalized spacial score (nSPS) is 20.8. The molecule has 1 aliphatic rings. The summed E-state index contributed by atoms with van der Waals surface area (Å²) in [7, 11) is 0. The van der Waals surface area contributed by atoms with E-state index < -0.39 is 11.4 Å². The number of pyridine rings is 1. The number of carboxylic acid groups (broad SMARTS) is 1. The highest BCUT2D eigenvalue weighted by molar-refractivity contribution is 5.83. The lowest BCUT2D eigenvalue weighted by atomic mass is 9.72. The van der Waals surface area contributed by atoms with E-state index in [1.165, 1.54) is 0 Å². The van der Waals surface area contributed by atoms with Gasteiger partial charge in [-0.2, -0.15) is 0 Å². The van der Waals surface area contributed by atoms with Crippen LogP contribution in [0, 0.1) is 0 Å². The quantitative estimate of drug-likeness (QED) is 0.929. The van der Waals surface area contributed by atoms with E-state index in [0.29, 0.717) is 25.2 Å². The van der Waals surface area contributed by atoms with Crippen LogP contribution in [0.5, 0.6) is 5.75 Å². The second-order valence-corrected chi connectivity index (χ2v) is 5.01. The van der Waals surface area contributed by atoms with Crippen molar-refractivity contribution in [2.45, 2.75) is 18.3 Å². The first-order valence-electron chi connectivity index (χ1n) is 6.57. The zero-order valence-corrected chi connectivity index (χ0v) is 11.0. The monoisotopic (exact) mass is 269 g/mol. The third kappa shape index (κ3) is 2.03. The molecular weight excluding hydrogens is 254 g/mol. The Balaban J connectivity index is 2.08. The van der Waals surface area contributed by atoms with E-state index in [1.54, 1.807) is 12.4 Å². The van der Waals surface area contributed by atoms with Gasteiger partial charge >= 0.3 is 5.97 Å². The van der Waals surface area contributed by atoms with E-state index in [1.807, 2.05) is 36.4 Å². The van der Waals surface area contributed by atoms with Crippen LogP contribution in [0.3, 0.4) is 0 Å². The molecule has 0 spiro atoms. The highest BCUT2D eigenvalue weighted by Crippen LogP contribution is 2.41. The Morgan fingerprint density at radius 3 is 2.75 bits per heavy atom. The Morgan fingerprint density at radius 2 is 2.00 bits per heavy atom. The van der Waals surface area contributed by atoms with Crippen LogP contribution < -0.4 is 4.74 Å². The fourth-order valence-corrected chi connectivity index (χ4v) is 2.79. The maximum Gasteiger partial charge on any atom is 0.314 e. The summed E-state index contributed by atoms with van der Waals surface area (Å²) in [5.74, 6) is -0.125. The zero-order valence-electron chi connectivity index (χ0n) is 11.0. The number of fused-ring (bicyclic) bond motifs is 1. The number of para-hydroxylation sites is 1. The van der Waals surface area contributed by atoms with E-state index in [-0.39, 0.29) is 0 Å². The van der Waals surface area contributed by atoms with E-state index in [2.05, 4.69) is 4.98 Å². The highest BCUT2D eigenvalue weighted by atomic mass is 16.5. The Labute approximate surface area is 117 Å².